The number of rotatable bonds is 7. The topological polar surface area (TPSA) is 108 Å². The number of benzene rings is 1. The molecule has 0 radical (unpaired) electrons. The van der Waals surface area contributed by atoms with Crippen LogP contribution in [0, 0.1) is 5.82 Å². The van der Waals surface area contributed by atoms with Crippen LogP contribution in [0.4, 0.5) is 20.8 Å². The molecule has 0 spiro atoms. The molecule has 2 aromatic heterocycles. The van der Waals surface area contributed by atoms with Crippen LogP contribution in [-0.2, 0) is 16.8 Å². The number of H-pyrrole nitrogens is 1. The van der Waals surface area contributed by atoms with Crippen LogP contribution < -0.4 is 10.1 Å². The van der Waals surface area contributed by atoms with Gasteiger partial charge in [0, 0.05) is 12.1 Å². The second-order valence-electron chi connectivity index (χ2n) is 8.79. The third-order valence-electron chi connectivity index (χ3n) is 5.78. The Kier molecular flexibility index (Phi) is 6.38. The second-order valence-corrected chi connectivity index (χ2v) is 8.79. The Morgan fingerprint density at radius 1 is 1.29 bits per heavy atom. The van der Waals surface area contributed by atoms with Gasteiger partial charge in [0.15, 0.2) is 17.5 Å². The van der Waals surface area contributed by atoms with Crippen LogP contribution in [-0.4, -0.2) is 63.8 Å². The highest BCUT2D eigenvalue weighted by atomic mass is 19.1. The molecule has 4 rings (SSSR count). The van der Waals surface area contributed by atoms with Crippen LogP contribution in [0.3, 0.4) is 0 Å². The van der Waals surface area contributed by atoms with Gasteiger partial charge in [0.05, 0.1) is 31.1 Å². The van der Waals surface area contributed by atoms with E-state index in [0.29, 0.717) is 12.4 Å². The Hall–Kier alpha value is -3.73. The molecule has 3 aromatic rings. The van der Waals surface area contributed by atoms with Crippen LogP contribution in [0.1, 0.15) is 36.8 Å². The second kappa shape index (κ2) is 9.26. The van der Waals surface area contributed by atoms with Crippen molar-refractivity contribution in [2.45, 2.75) is 32.0 Å². The quantitative estimate of drug-likeness (QED) is 0.541. The molecule has 0 aliphatic carbocycles. The molecule has 1 aromatic carbocycles. The normalized spacial score (nSPS) is 15.2. The number of carbonyl (C=O) groups is 1. The number of ether oxygens (including phenoxy) is 2. The molecule has 180 valence electrons. The first-order chi connectivity index (χ1) is 16.2. The lowest BCUT2D eigenvalue weighted by molar-refractivity contribution is 0.0259. The average Bonchev–Trinajstić information content (AvgIpc) is 3.33. The summed E-state index contributed by atoms with van der Waals surface area (Å²) >= 11 is 0. The van der Waals surface area contributed by atoms with Crippen molar-refractivity contribution < 1.29 is 18.7 Å². The molecule has 10 nitrogen and oxygen atoms in total. The van der Waals surface area contributed by atoms with E-state index in [0.717, 1.165) is 23.0 Å². The van der Waals surface area contributed by atoms with E-state index in [9.17, 15) is 9.18 Å². The molecular weight excluding hydrogens is 441 g/mol. The fourth-order valence-corrected chi connectivity index (χ4v) is 3.96. The van der Waals surface area contributed by atoms with E-state index in [2.05, 4.69) is 25.5 Å². The van der Waals surface area contributed by atoms with Gasteiger partial charge in [-0.25, -0.2) is 14.2 Å². The van der Waals surface area contributed by atoms with Crippen LogP contribution >= 0.6 is 0 Å². The standard InChI is InChI=1S/C23H28FN7O3/c1-23(2)18-15(19(29-28-18)26-20-16(24)11-25-21(27-20)33-5)12-31(23)22(32)34-17(13-30(3)4)14-9-7-6-8-10-14/h6-11,17H,12-13H2,1-5H3,(H2,25,26,27,28,29)/t17-/m1/s1. The monoisotopic (exact) mass is 469 g/mol. The Bertz CT molecular complexity index is 1170. The van der Waals surface area contributed by atoms with Gasteiger partial charge in [0.1, 0.15) is 6.10 Å². The number of hydrogen-bond donors (Lipinski definition) is 2. The van der Waals surface area contributed by atoms with E-state index < -0.39 is 23.6 Å². The molecule has 11 heteroatoms. The number of aromatic nitrogens is 4. The molecule has 2 N–H and O–H groups in total. The summed E-state index contributed by atoms with van der Waals surface area (Å²) in [4.78, 5) is 24.7. The molecule has 1 aliphatic rings. The number of anilines is 2. The highest BCUT2D eigenvalue weighted by Crippen LogP contribution is 2.42. The third kappa shape index (κ3) is 4.51. The van der Waals surface area contributed by atoms with Gasteiger partial charge in [-0.1, -0.05) is 30.3 Å². The first-order valence-electron chi connectivity index (χ1n) is 10.8. The minimum absolute atomic E-state index is 0.0226. The van der Waals surface area contributed by atoms with Crippen molar-refractivity contribution in [2.75, 3.05) is 33.1 Å². The maximum Gasteiger partial charge on any atom is 0.411 e. The van der Waals surface area contributed by atoms with E-state index in [1.807, 2.05) is 63.2 Å². The summed E-state index contributed by atoms with van der Waals surface area (Å²) in [5.41, 5.74) is 1.65. The van der Waals surface area contributed by atoms with Crippen molar-refractivity contribution >= 4 is 17.7 Å². The molecule has 0 fully saturated rings. The largest absolute Gasteiger partial charge is 0.467 e. The van der Waals surface area contributed by atoms with Gasteiger partial charge < -0.3 is 19.7 Å². The summed E-state index contributed by atoms with van der Waals surface area (Å²) < 4.78 is 25.2. The van der Waals surface area contributed by atoms with Crippen LogP contribution in [0.5, 0.6) is 6.01 Å². The lowest BCUT2D eigenvalue weighted by Gasteiger charge is -2.33. The van der Waals surface area contributed by atoms with E-state index >= 15 is 0 Å². The summed E-state index contributed by atoms with van der Waals surface area (Å²) in [7, 11) is 5.26. The number of halogens is 1. The summed E-state index contributed by atoms with van der Waals surface area (Å²) in [6, 6.07) is 9.66. The lowest BCUT2D eigenvalue weighted by Crippen LogP contribution is -2.42. The van der Waals surface area contributed by atoms with Crippen molar-refractivity contribution in [3.8, 4) is 6.01 Å². The smallest absolute Gasteiger partial charge is 0.411 e. The molecule has 0 saturated heterocycles. The number of methoxy groups -OCH3 is 1. The molecular formula is C23H28FN7O3. The molecule has 1 atom stereocenters. The fraction of sp³-hybridized carbons (Fsp3) is 0.391. The maximum absolute atomic E-state index is 14.2. The van der Waals surface area contributed by atoms with Gasteiger partial charge in [-0.2, -0.15) is 10.1 Å². The molecule has 1 aliphatic heterocycles. The number of nitrogens with zero attached hydrogens (tertiary/aromatic N) is 5. The minimum atomic E-state index is -0.722. The lowest BCUT2D eigenvalue weighted by atomic mass is 10.0. The fourth-order valence-electron chi connectivity index (χ4n) is 3.96. The summed E-state index contributed by atoms with van der Waals surface area (Å²) in [5, 5.41) is 10.1. The van der Waals surface area contributed by atoms with Crippen molar-refractivity contribution in [3.63, 3.8) is 0 Å². The van der Waals surface area contributed by atoms with Crippen LogP contribution in [0.2, 0.25) is 0 Å². The number of amides is 1. The van der Waals surface area contributed by atoms with E-state index in [1.54, 1.807) is 4.90 Å². The predicted molar refractivity (Wildman–Crippen MR) is 123 cm³/mol. The summed E-state index contributed by atoms with van der Waals surface area (Å²) in [6.45, 7) is 4.57. The van der Waals surface area contributed by atoms with Gasteiger partial charge in [0.2, 0.25) is 0 Å². The van der Waals surface area contributed by atoms with Crippen molar-refractivity contribution in [3.05, 3.63) is 59.2 Å². The molecule has 0 unspecified atom stereocenters. The van der Waals surface area contributed by atoms with Crippen molar-refractivity contribution in [1.82, 2.24) is 30.0 Å². The van der Waals surface area contributed by atoms with Gasteiger partial charge in [0.25, 0.3) is 0 Å². The molecule has 34 heavy (non-hydrogen) atoms. The zero-order chi connectivity index (χ0) is 24.5. The van der Waals surface area contributed by atoms with Gasteiger partial charge >= 0.3 is 12.1 Å². The van der Waals surface area contributed by atoms with Crippen molar-refractivity contribution in [1.29, 1.82) is 0 Å². The van der Waals surface area contributed by atoms with Gasteiger partial charge in [-0.05, 0) is 33.5 Å². The molecule has 0 bridgehead atoms. The molecule has 1 amide bonds. The van der Waals surface area contributed by atoms with E-state index in [-0.39, 0.29) is 18.4 Å². The Morgan fingerprint density at radius 2 is 2.03 bits per heavy atom. The average molecular weight is 470 g/mol. The number of carbonyl (C=O) groups excluding carboxylic acids is 1. The Balaban J connectivity index is 1.56. The van der Waals surface area contributed by atoms with Gasteiger partial charge in [-0.15, -0.1) is 0 Å². The first-order valence-corrected chi connectivity index (χ1v) is 10.8. The number of nitrogens with one attached hydrogen (secondary N) is 2. The molecule has 3 heterocycles. The maximum atomic E-state index is 14.2. The van der Waals surface area contributed by atoms with Crippen LogP contribution in [0.25, 0.3) is 0 Å². The highest BCUT2D eigenvalue weighted by molar-refractivity contribution is 5.72. The Morgan fingerprint density at radius 3 is 2.71 bits per heavy atom. The minimum Gasteiger partial charge on any atom is -0.467 e. The van der Waals surface area contributed by atoms with E-state index in [4.69, 9.17) is 9.47 Å². The number of aromatic amines is 1. The van der Waals surface area contributed by atoms with Crippen molar-refractivity contribution in [2.24, 2.45) is 0 Å². The predicted octanol–water partition coefficient (Wildman–Crippen LogP) is 3.58. The third-order valence-corrected chi connectivity index (χ3v) is 5.78. The number of hydrogen-bond acceptors (Lipinski definition) is 8. The summed E-state index contributed by atoms with van der Waals surface area (Å²) in [5.74, 6) is -0.360. The SMILES string of the molecule is COc1ncc(F)c(Nc2n[nH]c3c2CN(C(=O)O[C@H](CN(C)C)c2ccccc2)C3(C)C)n1. The van der Waals surface area contributed by atoms with E-state index in [1.165, 1.54) is 7.11 Å². The zero-order valence-electron chi connectivity index (χ0n) is 19.8. The summed E-state index contributed by atoms with van der Waals surface area (Å²) in [6.07, 6.45) is 0.131. The number of fused-ring (bicyclic) bond motifs is 1. The highest BCUT2D eigenvalue weighted by Gasteiger charge is 2.45. The zero-order valence-corrected chi connectivity index (χ0v) is 19.8. The van der Waals surface area contributed by atoms with Crippen LogP contribution in [0.15, 0.2) is 36.5 Å². The van der Waals surface area contributed by atoms with Gasteiger partial charge in [-0.3, -0.25) is 10.00 Å². The first kappa shape index (κ1) is 23.4. The molecule has 0 saturated carbocycles. The Labute approximate surface area is 197 Å². The number of likely N-dealkylation sites (N-methyl/N-ethyl adjacent to an activating group) is 1.